The molecule has 0 aromatic carbocycles. The van der Waals surface area contributed by atoms with E-state index in [0.717, 1.165) is 0 Å². The number of phosphoric ester groups is 1. The van der Waals surface area contributed by atoms with Gasteiger partial charge in [-0.15, -0.1) is 0 Å². The Hall–Kier alpha value is -0.0900. The van der Waals surface area contributed by atoms with Crippen molar-refractivity contribution >= 4 is 7.82 Å². The molecule has 2 unspecified atom stereocenters. The van der Waals surface area contributed by atoms with Crippen LogP contribution in [-0.4, -0.2) is 57.7 Å². The smallest absolute Gasteiger partial charge is 0.191 e. The summed E-state index contributed by atoms with van der Waals surface area (Å²) in [7, 11) is -5.41. The van der Waals surface area contributed by atoms with Gasteiger partial charge in [0, 0.05) is 0 Å². The van der Waals surface area contributed by atoms with Crippen LogP contribution in [-0.2, 0) is 13.8 Å². The van der Waals surface area contributed by atoms with Gasteiger partial charge in [-0.05, 0) is 0 Å². The molecular formula is C6H11O9P-2. The molecule has 1 fully saturated rings. The number of hydrogen-bond donors (Lipinski definition) is 4. The molecule has 1 heterocycles. The number of rotatable bonds is 3. The summed E-state index contributed by atoms with van der Waals surface area (Å²) in [5, 5.41) is 36.5. The highest BCUT2D eigenvalue weighted by Gasteiger charge is 2.44. The lowest BCUT2D eigenvalue weighted by Crippen LogP contribution is -2.59. The van der Waals surface area contributed by atoms with E-state index in [4.69, 9.17) is 5.11 Å². The minimum atomic E-state index is -5.41. The van der Waals surface area contributed by atoms with Crippen LogP contribution in [0.4, 0.5) is 0 Å². The third-order valence-corrected chi connectivity index (χ3v) is 2.55. The highest BCUT2D eigenvalue weighted by Crippen LogP contribution is 2.33. The van der Waals surface area contributed by atoms with Crippen molar-refractivity contribution in [2.75, 3.05) is 6.61 Å². The van der Waals surface area contributed by atoms with Crippen molar-refractivity contribution in [3.05, 3.63) is 0 Å². The molecule has 0 bridgehead atoms. The van der Waals surface area contributed by atoms with Crippen LogP contribution < -0.4 is 9.79 Å². The van der Waals surface area contributed by atoms with E-state index in [0.29, 0.717) is 0 Å². The monoisotopic (exact) mass is 258 g/mol. The molecule has 1 aliphatic rings. The van der Waals surface area contributed by atoms with E-state index in [9.17, 15) is 29.7 Å². The molecule has 4 N–H and O–H groups in total. The Balaban J connectivity index is 2.75. The lowest BCUT2D eigenvalue weighted by Gasteiger charge is -2.43. The molecule has 16 heavy (non-hydrogen) atoms. The number of phosphoric acid groups is 1. The maximum atomic E-state index is 10.3. The fourth-order valence-electron chi connectivity index (χ4n) is 1.28. The maximum absolute atomic E-state index is 10.3. The van der Waals surface area contributed by atoms with Crippen molar-refractivity contribution < 1.29 is 44.0 Å². The second kappa shape index (κ2) is 5.05. The zero-order valence-electron chi connectivity index (χ0n) is 7.87. The average molecular weight is 258 g/mol. The summed E-state index contributed by atoms with van der Waals surface area (Å²) < 4.78 is 18.7. The summed E-state index contributed by atoms with van der Waals surface area (Å²) in [5.41, 5.74) is 0. The van der Waals surface area contributed by atoms with E-state index in [2.05, 4.69) is 9.26 Å². The number of ether oxygens (including phenoxy) is 1. The zero-order valence-corrected chi connectivity index (χ0v) is 8.77. The predicted octanol–water partition coefficient (Wildman–Crippen LogP) is -4.37. The van der Waals surface area contributed by atoms with E-state index < -0.39 is 45.1 Å². The van der Waals surface area contributed by atoms with E-state index in [1.165, 1.54) is 0 Å². The Bertz CT molecular complexity index is 275. The van der Waals surface area contributed by atoms with Crippen molar-refractivity contribution in [1.82, 2.24) is 0 Å². The Labute approximate surface area is 90.1 Å². The Morgan fingerprint density at radius 2 is 1.75 bits per heavy atom. The molecule has 0 aromatic rings. The van der Waals surface area contributed by atoms with Crippen LogP contribution >= 0.6 is 7.82 Å². The predicted molar refractivity (Wildman–Crippen MR) is 42.5 cm³/mol. The van der Waals surface area contributed by atoms with Gasteiger partial charge in [0.1, 0.15) is 24.4 Å². The summed E-state index contributed by atoms with van der Waals surface area (Å²) in [6.07, 6.45) is -8.61. The highest BCUT2D eigenvalue weighted by molar-refractivity contribution is 7.43. The van der Waals surface area contributed by atoms with Gasteiger partial charge in [-0.3, -0.25) is 0 Å². The first-order valence-electron chi connectivity index (χ1n) is 4.27. The molecule has 0 amide bonds. The molecule has 5 atom stereocenters. The number of hydrogen-bond acceptors (Lipinski definition) is 9. The molecule has 1 rings (SSSR count). The van der Waals surface area contributed by atoms with E-state index in [1.807, 2.05) is 0 Å². The van der Waals surface area contributed by atoms with Crippen LogP contribution in [0.1, 0.15) is 0 Å². The minimum Gasteiger partial charge on any atom is -0.790 e. The SMILES string of the molecule is O=P([O-])([O-])O[C@H]1OC(CO)[C@@H](O)[C@H](O)C1O. The first kappa shape index (κ1) is 14.0. The summed E-state index contributed by atoms with van der Waals surface area (Å²) >= 11 is 0. The average Bonchev–Trinajstić information content (AvgIpc) is 2.17. The summed E-state index contributed by atoms with van der Waals surface area (Å²) in [6, 6.07) is 0. The molecule has 0 radical (unpaired) electrons. The van der Waals surface area contributed by atoms with Gasteiger partial charge in [-0.25, -0.2) is 0 Å². The maximum Gasteiger partial charge on any atom is 0.191 e. The van der Waals surface area contributed by atoms with Crippen molar-refractivity contribution in [3.8, 4) is 0 Å². The van der Waals surface area contributed by atoms with Crippen LogP contribution in [0.2, 0.25) is 0 Å². The van der Waals surface area contributed by atoms with Gasteiger partial charge in [0.05, 0.1) is 14.4 Å². The molecule has 1 aliphatic heterocycles. The first-order valence-corrected chi connectivity index (χ1v) is 5.73. The van der Waals surface area contributed by atoms with Crippen molar-refractivity contribution in [2.24, 2.45) is 0 Å². The Morgan fingerprint density at radius 1 is 1.19 bits per heavy atom. The second-order valence-electron chi connectivity index (χ2n) is 3.25. The van der Waals surface area contributed by atoms with E-state index in [1.54, 1.807) is 0 Å². The van der Waals surface area contributed by atoms with Gasteiger partial charge in [-0.1, -0.05) is 0 Å². The van der Waals surface area contributed by atoms with Crippen LogP contribution in [0.25, 0.3) is 0 Å². The van der Waals surface area contributed by atoms with Crippen molar-refractivity contribution in [2.45, 2.75) is 30.7 Å². The van der Waals surface area contributed by atoms with Gasteiger partial charge < -0.3 is 44.0 Å². The molecule has 1 saturated heterocycles. The highest BCUT2D eigenvalue weighted by atomic mass is 31.2. The van der Waals surface area contributed by atoms with E-state index in [-0.39, 0.29) is 0 Å². The van der Waals surface area contributed by atoms with Crippen LogP contribution in [0, 0.1) is 0 Å². The third-order valence-electron chi connectivity index (χ3n) is 2.08. The summed E-state index contributed by atoms with van der Waals surface area (Å²) in [5.74, 6) is 0. The number of aliphatic hydroxyl groups excluding tert-OH is 4. The molecule has 0 aromatic heterocycles. The van der Waals surface area contributed by atoms with Crippen molar-refractivity contribution in [1.29, 1.82) is 0 Å². The summed E-state index contributed by atoms with van der Waals surface area (Å²) in [6.45, 7) is -0.743. The molecule has 0 aliphatic carbocycles. The van der Waals surface area contributed by atoms with Gasteiger partial charge in [0.15, 0.2) is 6.29 Å². The molecular weight excluding hydrogens is 247 g/mol. The Morgan fingerprint density at radius 3 is 2.19 bits per heavy atom. The van der Waals surface area contributed by atoms with E-state index >= 15 is 0 Å². The second-order valence-corrected chi connectivity index (χ2v) is 4.36. The Kier molecular flexibility index (Phi) is 4.41. The summed E-state index contributed by atoms with van der Waals surface area (Å²) in [4.78, 5) is 20.6. The molecule has 96 valence electrons. The van der Waals surface area contributed by atoms with Crippen LogP contribution in [0.5, 0.6) is 0 Å². The quantitative estimate of drug-likeness (QED) is 0.366. The van der Waals surface area contributed by atoms with Crippen LogP contribution in [0.3, 0.4) is 0 Å². The molecule has 0 spiro atoms. The van der Waals surface area contributed by atoms with Gasteiger partial charge in [0.2, 0.25) is 0 Å². The molecule has 0 saturated carbocycles. The van der Waals surface area contributed by atoms with Crippen LogP contribution in [0.15, 0.2) is 0 Å². The first-order chi connectivity index (χ1) is 7.26. The zero-order chi connectivity index (χ0) is 12.5. The lowest BCUT2D eigenvalue weighted by molar-refractivity contribution is -0.368. The molecule has 9 nitrogen and oxygen atoms in total. The van der Waals surface area contributed by atoms with Gasteiger partial charge in [0.25, 0.3) is 0 Å². The largest absolute Gasteiger partial charge is 0.790 e. The minimum absolute atomic E-state index is 0.743. The standard InChI is InChI=1S/C6H13O9P/c7-1-2-3(8)4(9)5(10)6(14-2)15-16(11,12)13/h2-10H,1H2,(H2,11,12,13)/p-2/t2?,3-,4+,5?,6-/m1/s1. The normalized spacial score (nSPS) is 41.0. The van der Waals surface area contributed by atoms with Crippen molar-refractivity contribution in [3.63, 3.8) is 0 Å². The molecule has 10 heteroatoms. The van der Waals surface area contributed by atoms with Gasteiger partial charge in [-0.2, -0.15) is 0 Å². The fourth-order valence-corrected chi connectivity index (χ4v) is 1.71. The lowest BCUT2D eigenvalue weighted by atomic mass is 10.00. The fraction of sp³-hybridized carbons (Fsp3) is 1.00. The number of aliphatic hydroxyl groups is 4. The van der Waals surface area contributed by atoms with Gasteiger partial charge >= 0.3 is 0 Å². The third kappa shape index (κ3) is 3.20. The topological polar surface area (TPSA) is 163 Å².